The number of rotatable bonds is 7. The first kappa shape index (κ1) is 17.3. The molecule has 0 spiro atoms. The average molecular weight is 295 g/mol. The minimum Gasteiger partial charge on any atom is -0.312 e. The van der Waals surface area contributed by atoms with E-state index in [0.717, 1.165) is 18.0 Å². The quantitative estimate of drug-likeness (QED) is 0.746. The van der Waals surface area contributed by atoms with Gasteiger partial charge in [-0.05, 0) is 69.4 Å². The monoisotopic (exact) mass is 294 g/mol. The first-order valence-electron chi connectivity index (χ1n) is 9.65. The standard InChI is InChI=1S/C19H38N2/c1-5-12-20-17-10-9-16(6-2)14-18(17)21-13-11-19(7-3,8-4)15-21/h16-18,20H,5-15H2,1-4H3. The molecule has 1 saturated heterocycles. The van der Waals surface area contributed by atoms with E-state index in [1.165, 1.54) is 71.0 Å². The number of likely N-dealkylation sites (tertiary alicyclic amines) is 1. The fourth-order valence-corrected chi connectivity index (χ4v) is 4.65. The summed E-state index contributed by atoms with van der Waals surface area (Å²) in [4.78, 5) is 2.86. The summed E-state index contributed by atoms with van der Waals surface area (Å²) in [5.74, 6) is 0.966. The Hall–Kier alpha value is -0.0800. The van der Waals surface area contributed by atoms with Gasteiger partial charge in [0.25, 0.3) is 0 Å². The van der Waals surface area contributed by atoms with Crippen molar-refractivity contribution in [2.45, 2.75) is 91.1 Å². The largest absolute Gasteiger partial charge is 0.312 e. The molecular formula is C19H38N2. The molecule has 1 heterocycles. The molecule has 2 nitrogen and oxygen atoms in total. The van der Waals surface area contributed by atoms with Crippen LogP contribution in [0.3, 0.4) is 0 Å². The molecule has 1 saturated carbocycles. The van der Waals surface area contributed by atoms with Crippen molar-refractivity contribution in [1.29, 1.82) is 0 Å². The average Bonchev–Trinajstić information content (AvgIpc) is 2.98. The maximum atomic E-state index is 3.86. The van der Waals surface area contributed by atoms with Gasteiger partial charge in [0.2, 0.25) is 0 Å². The number of nitrogens with one attached hydrogen (secondary N) is 1. The van der Waals surface area contributed by atoms with Crippen LogP contribution in [0.5, 0.6) is 0 Å². The summed E-state index contributed by atoms with van der Waals surface area (Å²) in [5.41, 5.74) is 0.620. The van der Waals surface area contributed by atoms with Gasteiger partial charge in [0.1, 0.15) is 0 Å². The topological polar surface area (TPSA) is 15.3 Å². The molecule has 2 rings (SSSR count). The molecule has 0 bridgehead atoms. The molecule has 21 heavy (non-hydrogen) atoms. The van der Waals surface area contributed by atoms with Gasteiger partial charge in [-0.2, -0.15) is 0 Å². The number of hydrogen-bond acceptors (Lipinski definition) is 2. The minimum atomic E-state index is 0.620. The Balaban J connectivity index is 2.02. The molecule has 0 aromatic carbocycles. The van der Waals surface area contributed by atoms with Crippen LogP contribution in [0.15, 0.2) is 0 Å². The van der Waals surface area contributed by atoms with Crippen LogP contribution in [0.4, 0.5) is 0 Å². The van der Waals surface area contributed by atoms with E-state index in [1.54, 1.807) is 0 Å². The second-order valence-electron chi connectivity index (χ2n) is 7.64. The molecule has 0 radical (unpaired) electrons. The van der Waals surface area contributed by atoms with Gasteiger partial charge in [0, 0.05) is 18.6 Å². The van der Waals surface area contributed by atoms with Crippen molar-refractivity contribution in [2.75, 3.05) is 19.6 Å². The van der Waals surface area contributed by atoms with Crippen molar-refractivity contribution >= 4 is 0 Å². The molecule has 2 heteroatoms. The molecule has 2 aliphatic rings. The van der Waals surface area contributed by atoms with Crippen molar-refractivity contribution in [3.63, 3.8) is 0 Å². The van der Waals surface area contributed by atoms with E-state index in [2.05, 4.69) is 37.9 Å². The molecule has 1 aliphatic carbocycles. The lowest BCUT2D eigenvalue weighted by atomic mass is 9.79. The fourth-order valence-electron chi connectivity index (χ4n) is 4.65. The van der Waals surface area contributed by atoms with Crippen molar-refractivity contribution in [2.24, 2.45) is 11.3 Å². The summed E-state index contributed by atoms with van der Waals surface area (Å²) < 4.78 is 0. The van der Waals surface area contributed by atoms with E-state index in [0.29, 0.717) is 5.41 Å². The van der Waals surface area contributed by atoms with Crippen molar-refractivity contribution in [3.8, 4) is 0 Å². The Labute approximate surface area is 133 Å². The van der Waals surface area contributed by atoms with Gasteiger partial charge in [-0.1, -0.05) is 34.1 Å². The van der Waals surface area contributed by atoms with Crippen LogP contribution in [0, 0.1) is 11.3 Å². The van der Waals surface area contributed by atoms with Crippen LogP contribution in [0.1, 0.15) is 79.1 Å². The zero-order valence-electron chi connectivity index (χ0n) is 15.0. The lowest BCUT2D eigenvalue weighted by Crippen LogP contribution is -2.53. The third-order valence-corrected chi connectivity index (χ3v) is 6.60. The maximum Gasteiger partial charge on any atom is 0.0252 e. The van der Waals surface area contributed by atoms with Crippen LogP contribution in [-0.2, 0) is 0 Å². The summed E-state index contributed by atoms with van der Waals surface area (Å²) in [6.45, 7) is 13.4. The molecule has 0 amide bonds. The Bertz CT molecular complexity index is 298. The second kappa shape index (κ2) is 7.97. The van der Waals surface area contributed by atoms with Gasteiger partial charge in [-0.25, -0.2) is 0 Å². The van der Waals surface area contributed by atoms with Crippen LogP contribution in [0.25, 0.3) is 0 Å². The first-order chi connectivity index (χ1) is 10.2. The number of hydrogen-bond donors (Lipinski definition) is 1. The van der Waals surface area contributed by atoms with Gasteiger partial charge in [-0.3, -0.25) is 4.90 Å². The SMILES string of the molecule is CCCNC1CCC(CC)CC1N1CCC(CC)(CC)C1. The molecule has 1 N–H and O–H groups in total. The zero-order chi connectivity index (χ0) is 15.3. The van der Waals surface area contributed by atoms with Gasteiger partial charge in [0.05, 0.1) is 0 Å². The van der Waals surface area contributed by atoms with Crippen LogP contribution in [0.2, 0.25) is 0 Å². The molecule has 0 aromatic rings. The Morgan fingerprint density at radius 3 is 2.43 bits per heavy atom. The summed E-state index contributed by atoms with van der Waals surface area (Å²) in [7, 11) is 0. The molecule has 3 atom stereocenters. The molecular weight excluding hydrogens is 256 g/mol. The predicted molar refractivity (Wildman–Crippen MR) is 92.7 cm³/mol. The van der Waals surface area contributed by atoms with Crippen molar-refractivity contribution in [1.82, 2.24) is 10.2 Å². The van der Waals surface area contributed by atoms with Crippen molar-refractivity contribution < 1.29 is 0 Å². The van der Waals surface area contributed by atoms with E-state index in [-0.39, 0.29) is 0 Å². The van der Waals surface area contributed by atoms with E-state index in [9.17, 15) is 0 Å². The molecule has 1 aliphatic heterocycles. The Morgan fingerprint density at radius 1 is 1.10 bits per heavy atom. The van der Waals surface area contributed by atoms with Gasteiger partial charge in [0.15, 0.2) is 0 Å². The highest BCUT2D eigenvalue weighted by molar-refractivity contribution is 4.97. The predicted octanol–water partition coefficient (Wildman–Crippen LogP) is 4.45. The highest BCUT2D eigenvalue weighted by Crippen LogP contribution is 2.40. The van der Waals surface area contributed by atoms with E-state index >= 15 is 0 Å². The summed E-state index contributed by atoms with van der Waals surface area (Å²) >= 11 is 0. The van der Waals surface area contributed by atoms with Crippen LogP contribution in [-0.4, -0.2) is 36.6 Å². The number of nitrogens with zero attached hydrogens (tertiary/aromatic N) is 1. The summed E-state index contributed by atoms with van der Waals surface area (Å²) in [6, 6.07) is 1.55. The minimum absolute atomic E-state index is 0.620. The van der Waals surface area contributed by atoms with Crippen LogP contribution >= 0.6 is 0 Å². The summed E-state index contributed by atoms with van der Waals surface area (Å²) in [5, 5.41) is 3.86. The third kappa shape index (κ3) is 4.01. The highest BCUT2D eigenvalue weighted by atomic mass is 15.2. The normalized spacial score (nSPS) is 33.4. The molecule has 124 valence electrons. The fraction of sp³-hybridized carbons (Fsp3) is 1.00. The van der Waals surface area contributed by atoms with E-state index in [4.69, 9.17) is 0 Å². The van der Waals surface area contributed by atoms with Crippen LogP contribution < -0.4 is 5.32 Å². The molecule has 2 fully saturated rings. The highest BCUT2D eigenvalue weighted by Gasteiger charge is 2.41. The van der Waals surface area contributed by atoms with E-state index < -0.39 is 0 Å². The Kier molecular flexibility index (Phi) is 6.55. The lowest BCUT2D eigenvalue weighted by molar-refractivity contribution is 0.102. The zero-order valence-corrected chi connectivity index (χ0v) is 15.0. The lowest BCUT2D eigenvalue weighted by Gasteiger charge is -2.42. The third-order valence-electron chi connectivity index (χ3n) is 6.60. The van der Waals surface area contributed by atoms with E-state index in [1.807, 2.05) is 0 Å². The van der Waals surface area contributed by atoms with Gasteiger partial charge in [-0.15, -0.1) is 0 Å². The van der Waals surface area contributed by atoms with Gasteiger partial charge >= 0.3 is 0 Å². The Morgan fingerprint density at radius 2 is 1.86 bits per heavy atom. The molecule has 3 unspecified atom stereocenters. The maximum absolute atomic E-state index is 3.86. The van der Waals surface area contributed by atoms with Gasteiger partial charge < -0.3 is 5.32 Å². The summed E-state index contributed by atoms with van der Waals surface area (Å²) in [6.07, 6.45) is 11.0. The smallest absolute Gasteiger partial charge is 0.0252 e. The van der Waals surface area contributed by atoms with Crippen molar-refractivity contribution in [3.05, 3.63) is 0 Å². The first-order valence-corrected chi connectivity index (χ1v) is 9.65. The second-order valence-corrected chi connectivity index (χ2v) is 7.64. The molecule has 0 aromatic heterocycles.